The summed E-state index contributed by atoms with van der Waals surface area (Å²) in [5.74, 6) is 1.50. The van der Waals surface area contributed by atoms with Crippen molar-refractivity contribution in [3.8, 4) is 0 Å². The Morgan fingerprint density at radius 3 is 2.71 bits per heavy atom. The highest BCUT2D eigenvalue weighted by Gasteiger charge is 2.30. The molecular formula is C20H25ClN6O. The van der Waals surface area contributed by atoms with E-state index in [-0.39, 0.29) is 18.1 Å². The molecule has 8 heteroatoms. The Hall–Kier alpha value is -2.25. The third-order valence-electron chi connectivity index (χ3n) is 5.15. The van der Waals surface area contributed by atoms with Crippen molar-refractivity contribution < 1.29 is 5.11 Å². The summed E-state index contributed by atoms with van der Waals surface area (Å²) in [6, 6.07) is 7.76. The number of hydrogen-bond donors (Lipinski definition) is 1. The minimum atomic E-state index is -0.225. The van der Waals surface area contributed by atoms with Crippen molar-refractivity contribution in [3.05, 3.63) is 40.7 Å². The van der Waals surface area contributed by atoms with Crippen LogP contribution in [0.25, 0.3) is 11.2 Å². The Morgan fingerprint density at radius 1 is 1.21 bits per heavy atom. The zero-order valence-electron chi connectivity index (χ0n) is 16.4. The van der Waals surface area contributed by atoms with Gasteiger partial charge in [-0.05, 0) is 24.5 Å². The first-order valence-corrected chi connectivity index (χ1v) is 9.99. The van der Waals surface area contributed by atoms with E-state index >= 15 is 0 Å². The van der Waals surface area contributed by atoms with Gasteiger partial charge in [0.2, 0.25) is 0 Å². The van der Waals surface area contributed by atoms with Crippen LogP contribution >= 0.6 is 11.6 Å². The zero-order chi connectivity index (χ0) is 19.9. The number of hydrogen-bond acceptors (Lipinski definition) is 6. The van der Waals surface area contributed by atoms with Crippen LogP contribution in [0.1, 0.15) is 45.0 Å². The first kappa shape index (κ1) is 19.1. The van der Waals surface area contributed by atoms with Crippen LogP contribution in [0.5, 0.6) is 0 Å². The molecular weight excluding hydrogens is 376 g/mol. The van der Waals surface area contributed by atoms with Crippen LogP contribution in [0.15, 0.2) is 24.3 Å². The molecule has 1 aliphatic heterocycles. The predicted octanol–water partition coefficient (Wildman–Crippen LogP) is 3.18. The summed E-state index contributed by atoms with van der Waals surface area (Å²) in [5, 5.41) is 19.2. The summed E-state index contributed by atoms with van der Waals surface area (Å²) >= 11 is 6.34. The van der Waals surface area contributed by atoms with Crippen LogP contribution in [0.4, 0.5) is 5.82 Å². The molecule has 1 aromatic carbocycles. The third kappa shape index (κ3) is 3.44. The van der Waals surface area contributed by atoms with Gasteiger partial charge in [-0.25, -0.2) is 14.6 Å². The molecule has 0 aliphatic carbocycles. The Balaban J connectivity index is 1.86. The first-order chi connectivity index (χ1) is 13.4. The van der Waals surface area contributed by atoms with E-state index in [0.29, 0.717) is 22.7 Å². The van der Waals surface area contributed by atoms with E-state index < -0.39 is 0 Å². The monoisotopic (exact) mass is 400 g/mol. The average molecular weight is 401 g/mol. The van der Waals surface area contributed by atoms with Crippen molar-refractivity contribution in [3.63, 3.8) is 0 Å². The van der Waals surface area contributed by atoms with Crippen molar-refractivity contribution >= 4 is 28.6 Å². The molecule has 28 heavy (non-hydrogen) atoms. The normalized spacial score (nSPS) is 17.6. The van der Waals surface area contributed by atoms with E-state index in [9.17, 15) is 5.11 Å². The third-order valence-corrected chi connectivity index (χ3v) is 5.52. The van der Waals surface area contributed by atoms with Crippen molar-refractivity contribution in [2.45, 2.75) is 51.6 Å². The smallest absolute Gasteiger partial charge is 0.184 e. The van der Waals surface area contributed by atoms with Gasteiger partial charge in [-0.3, -0.25) is 0 Å². The maximum absolute atomic E-state index is 9.79. The van der Waals surface area contributed by atoms with Crippen LogP contribution < -0.4 is 4.90 Å². The number of nitrogens with zero attached hydrogens (tertiary/aromatic N) is 6. The predicted molar refractivity (Wildman–Crippen MR) is 110 cm³/mol. The standard InChI is InChI=1S/C20H25ClN6O/c1-20(2,3)19-22-17(26-10-6-8-14(26)12-28)16-18(23-19)27(25-24-16)11-13-7-4-5-9-15(13)21/h4-5,7,9,14,28H,6,8,10-12H2,1-3H3. The fourth-order valence-electron chi connectivity index (χ4n) is 3.58. The maximum atomic E-state index is 9.79. The molecule has 0 spiro atoms. The molecule has 1 fully saturated rings. The second kappa shape index (κ2) is 7.29. The second-order valence-corrected chi connectivity index (χ2v) is 8.71. The Labute approximate surface area is 169 Å². The molecule has 4 rings (SSSR count). The van der Waals surface area contributed by atoms with Gasteiger partial charge in [-0.15, -0.1) is 5.10 Å². The Bertz CT molecular complexity index is 996. The molecule has 1 atom stereocenters. The lowest BCUT2D eigenvalue weighted by Crippen LogP contribution is -2.34. The van der Waals surface area contributed by atoms with Gasteiger partial charge in [0.25, 0.3) is 0 Å². The molecule has 148 valence electrons. The number of aliphatic hydroxyl groups excluding tert-OH is 1. The molecule has 1 unspecified atom stereocenters. The number of benzene rings is 1. The minimum absolute atomic E-state index is 0.0552. The number of rotatable bonds is 4. The summed E-state index contributed by atoms with van der Waals surface area (Å²) in [6.45, 7) is 7.71. The van der Waals surface area contributed by atoms with Gasteiger partial charge < -0.3 is 10.0 Å². The van der Waals surface area contributed by atoms with E-state index in [1.165, 1.54) is 0 Å². The van der Waals surface area contributed by atoms with Gasteiger partial charge in [0, 0.05) is 17.0 Å². The molecule has 3 aromatic rings. The lowest BCUT2D eigenvalue weighted by atomic mass is 9.95. The highest BCUT2D eigenvalue weighted by atomic mass is 35.5. The number of anilines is 1. The molecule has 7 nitrogen and oxygen atoms in total. The van der Waals surface area contributed by atoms with Gasteiger partial charge in [0.1, 0.15) is 5.82 Å². The van der Waals surface area contributed by atoms with Crippen LogP contribution in [0.2, 0.25) is 5.02 Å². The van der Waals surface area contributed by atoms with Gasteiger partial charge >= 0.3 is 0 Å². The van der Waals surface area contributed by atoms with Crippen molar-refractivity contribution in [2.75, 3.05) is 18.1 Å². The molecule has 0 radical (unpaired) electrons. The zero-order valence-corrected chi connectivity index (χ0v) is 17.2. The Morgan fingerprint density at radius 2 is 2.00 bits per heavy atom. The molecule has 0 saturated carbocycles. The average Bonchev–Trinajstić information content (AvgIpc) is 3.29. The van der Waals surface area contributed by atoms with Gasteiger partial charge in [0.05, 0.1) is 19.2 Å². The molecule has 1 saturated heterocycles. The lowest BCUT2D eigenvalue weighted by Gasteiger charge is -2.26. The number of halogens is 1. The van der Waals surface area contributed by atoms with E-state index in [1.54, 1.807) is 4.68 Å². The van der Waals surface area contributed by atoms with E-state index in [1.807, 2.05) is 24.3 Å². The first-order valence-electron chi connectivity index (χ1n) is 9.61. The molecule has 1 N–H and O–H groups in total. The van der Waals surface area contributed by atoms with Crippen LogP contribution in [-0.4, -0.2) is 49.3 Å². The van der Waals surface area contributed by atoms with Crippen molar-refractivity contribution in [1.29, 1.82) is 0 Å². The van der Waals surface area contributed by atoms with E-state index in [4.69, 9.17) is 21.6 Å². The van der Waals surface area contributed by atoms with Crippen LogP contribution in [-0.2, 0) is 12.0 Å². The Kier molecular flexibility index (Phi) is 4.97. The summed E-state index contributed by atoms with van der Waals surface area (Å²) < 4.78 is 1.78. The quantitative estimate of drug-likeness (QED) is 0.724. The highest BCUT2D eigenvalue weighted by molar-refractivity contribution is 6.31. The largest absolute Gasteiger partial charge is 0.394 e. The van der Waals surface area contributed by atoms with Crippen molar-refractivity contribution in [2.24, 2.45) is 0 Å². The second-order valence-electron chi connectivity index (χ2n) is 8.30. The lowest BCUT2D eigenvalue weighted by molar-refractivity contribution is 0.266. The van der Waals surface area contributed by atoms with Gasteiger partial charge in [0.15, 0.2) is 17.0 Å². The van der Waals surface area contributed by atoms with Crippen LogP contribution in [0.3, 0.4) is 0 Å². The number of aromatic nitrogens is 5. The van der Waals surface area contributed by atoms with Crippen molar-refractivity contribution in [1.82, 2.24) is 25.0 Å². The molecule has 1 aliphatic rings. The summed E-state index contributed by atoms with van der Waals surface area (Å²) in [6.07, 6.45) is 1.97. The van der Waals surface area contributed by atoms with Gasteiger partial charge in [-0.2, -0.15) is 0 Å². The van der Waals surface area contributed by atoms with E-state index in [0.717, 1.165) is 36.6 Å². The SMILES string of the molecule is CC(C)(C)c1nc(N2CCCC2CO)c2nnn(Cc3ccccc3Cl)c2n1. The number of aliphatic hydroxyl groups is 1. The maximum Gasteiger partial charge on any atom is 0.184 e. The van der Waals surface area contributed by atoms with Crippen LogP contribution in [0, 0.1) is 0 Å². The summed E-state index contributed by atoms with van der Waals surface area (Å²) in [4.78, 5) is 11.8. The molecule has 0 bridgehead atoms. The number of fused-ring (bicyclic) bond motifs is 1. The van der Waals surface area contributed by atoms with E-state index in [2.05, 4.69) is 36.0 Å². The fourth-order valence-corrected chi connectivity index (χ4v) is 3.77. The minimum Gasteiger partial charge on any atom is -0.394 e. The topological polar surface area (TPSA) is 80.0 Å². The summed E-state index contributed by atoms with van der Waals surface area (Å²) in [7, 11) is 0. The summed E-state index contributed by atoms with van der Waals surface area (Å²) in [5.41, 5.74) is 2.10. The highest BCUT2D eigenvalue weighted by Crippen LogP contribution is 2.31. The molecule has 3 heterocycles. The van der Waals surface area contributed by atoms with Gasteiger partial charge in [-0.1, -0.05) is 55.8 Å². The fraction of sp³-hybridized carbons (Fsp3) is 0.500. The molecule has 2 aromatic heterocycles. The molecule has 0 amide bonds.